The number of ether oxygens (including phenoxy) is 1. The SMILES string of the molecule is CCOCCN[C@H]1C[C@H]2CC[C@H]1C2. The van der Waals surface area contributed by atoms with Crippen molar-refractivity contribution in [1.29, 1.82) is 0 Å². The third-order valence-electron chi connectivity index (χ3n) is 3.60. The minimum Gasteiger partial charge on any atom is -0.380 e. The van der Waals surface area contributed by atoms with Gasteiger partial charge in [-0.15, -0.1) is 0 Å². The highest BCUT2D eigenvalue weighted by molar-refractivity contribution is 4.93. The molecule has 0 aromatic heterocycles. The molecule has 0 aromatic rings. The van der Waals surface area contributed by atoms with Gasteiger partial charge in [0.25, 0.3) is 0 Å². The fraction of sp³-hybridized carbons (Fsp3) is 1.00. The van der Waals surface area contributed by atoms with E-state index in [-0.39, 0.29) is 0 Å². The topological polar surface area (TPSA) is 21.3 Å². The molecule has 2 aliphatic rings. The Hall–Kier alpha value is -0.0800. The Labute approximate surface area is 81.0 Å². The largest absolute Gasteiger partial charge is 0.380 e. The molecule has 1 N–H and O–H groups in total. The van der Waals surface area contributed by atoms with E-state index in [0.717, 1.165) is 37.6 Å². The molecular formula is C11H21NO. The number of hydrogen-bond acceptors (Lipinski definition) is 2. The molecule has 2 aliphatic carbocycles. The smallest absolute Gasteiger partial charge is 0.0590 e. The lowest BCUT2D eigenvalue weighted by Crippen LogP contribution is -2.36. The summed E-state index contributed by atoms with van der Waals surface area (Å²) in [6.45, 7) is 4.82. The van der Waals surface area contributed by atoms with Gasteiger partial charge >= 0.3 is 0 Å². The van der Waals surface area contributed by atoms with Crippen LogP contribution in [0.2, 0.25) is 0 Å². The van der Waals surface area contributed by atoms with Crippen LogP contribution in [0, 0.1) is 11.8 Å². The van der Waals surface area contributed by atoms with Gasteiger partial charge in [0.05, 0.1) is 6.61 Å². The predicted octanol–water partition coefficient (Wildman–Crippen LogP) is 1.80. The lowest BCUT2D eigenvalue weighted by Gasteiger charge is -2.22. The van der Waals surface area contributed by atoms with Gasteiger partial charge in [0.15, 0.2) is 0 Å². The minimum absolute atomic E-state index is 0.819. The van der Waals surface area contributed by atoms with Crippen molar-refractivity contribution >= 4 is 0 Å². The molecule has 2 saturated carbocycles. The van der Waals surface area contributed by atoms with Crippen LogP contribution in [0.1, 0.15) is 32.6 Å². The van der Waals surface area contributed by atoms with E-state index in [2.05, 4.69) is 12.2 Å². The molecule has 2 nitrogen and oxygen atoms in total. The van der Waals surface area contributed by atoms with Gasteiger partial charge in [-0.3, -0.25) is 0 Å². The van der Waals surface area contributed by atoms with E-state index in [9.17, 15) is 0 Å². The lowest BCUT2D eigenvalue weighted by atomic mass is 9.95. The molecule has 2 rings (SSSR count). The summed E-state index contributed by atoms with van der Waals surface area (Å²) in [5.74, 6) is 2.04. The van der Waals surface area contributed by atoms with Crippen molar-refractivity contribution < 1.29 is 4.74 Å². The van der Waals surface area contributed by atoms with E-state index in [0.29, 0.717) is 0 Å². The normalized spacial score (nSPS) is 37.2. The summed E-state index contributed by atoms with van der Waals surface area (Å²) < 4.78 is 5.31. The second-order valence-electron chi connectivity index (χ2n) is 4.43. The Morgan fingerprint density at radius 2 is 2.23 bits per heavy atom. The van der Waals surface area contributed by atoms with E-state index in [4.69, 9.17) is 4.74 Å². The second kappa shape index (κ2) is 4.43. The van der Waals surface area contributed by atoms with Crippen LogP contribution in [0.5, 0.6) is 0 Å². The zero-order valence-electron chi connectivity index (χ0n) is 8.59. The van der Waals surface area contributed by atoms with Gasteiger partial charge in [-0.1, -0.05) is 6.42 Å². The molecular weight excluding hydrogens is 162 g/mol. The molecule has 0 amide bonds. The molecule has 2 heteroatoms. The molecule has 0 heterocycles. The summed E-state index contributed by atoms with van der Waals surface area (Å²) in [7, 11) is 0. The van der Waals surface area contributed by atoms with Crippen molar-refractivity contribution in [2.24, 2.45) is 11.8 Å². The standard InChI is InChI=1S/C11H21NO/c1-2-13-6-5-12-11-8-9-3-4-10(11)7-9/h9-12H,2-8H2,1H3/t9-,10-,11-/m0/s1. The first-order valence-electron chi connectivity index (χ1n) is 5.71. The zero-order valence-corrected chi connectivity index (χ0v) is 8.59. The highest BCUT2D eigenvalue weighted by Crippen LogP contribution is 2.44. The van der Waals surface area contributed by atoms with Crippen molar-refractivity contribution in [2.45, 2.75) is 38.6 Å². The average Bonchev–Trinajstić information content (AvgIpc) is 2.73. The van der Waals surface area contributed by atoms with E-state index in [1.807, 2.05) is 0 Å². The van der Waals surface area contributed by atoms with Crippen LogP contribution in [-0.4, -0.2) is 25.8 Å². The Morgan fingerprint density at radius 1 is 1.31 bits per heavy atom. The summed E-state index contributed by atoms with van der Waals surface area (Å²) in [6.07, 6.45) is 5.88. The third kappa shape index (κ3) is 2.23. The summed E-state index contributed by atoms with van der Waals surface area (Å²) >= 11 is 0. The van der Waals surface area contributed by atoms with Gasteiger partial charge in [0.1, 0.15) is 0 Å². The Bertz CT molecular complexity index is 160. The van der Waals surface area contributed by atoms with Crippen molar-refractivity contribution in [2.75, 3.05) is 19.8 Å². The average molecular weight is 183 g/mol. The van der Waals surface area contributed by atoms with E-state index in [1.54, 1.807) is 0 Å². The Morgan fingerprint density at radius 3 is 2.85 bits per heavy atom. The van der Waals surface area contributed by atoms with Crippen molar-refractivity contribution in [1.82, 2.24) is 5.32 Å². The first-order chi connectivity index (χ1) is 6.40. The number of rotatable bonds is 5. The molecule has 13 heavy (non-hydrogen) atoms. The summed E-state index contributed by atoms with van der Waals surface area (Å²) in [5.41, 5.74) is 0. The molecule has 0 radical (unpaired) electrons. The van der Waals surface area contributed by atoms with Crippen LogP contribution >= 0.6 is 0 Å². The predicted molar refractivity (Wildman–Crippen MR) is 53.7 cm³/mol. The first kappa shape index (κ1) is 9.47. The molecule has 2 bridgehead atoms. The Balaban J connectivity index is 1.60. The number of fused-ring (bicyclic) bond motifs is 2. The van der Waals surface area contributed by atoms with Crippen LogP contribution in [0.15, 0.2) is 0 Å². The van der Waals surface area contributed by atoms with Crippen LogP contribution in [0.3, 0.4) is 0 Å². The van der Waals surface area contributed by atoms with Crippen molar-refractivity contribution in [3.05, 3.63) is 0 Å². The maximum atomic E-state index is 5.31. The van der Waals surface area contributed by atoms with Crippen molar-refractivity contribution in [3.63, 3.8) is 0 Å². The van der Waals surface area contributed by atoms with Crippen LogP contribution < -0.4 is 5.32 Å². The Kier molecular flexibility index (Phi) is 3.23. The summed E-state index contributed by atoms with van der Waals surface area (Å²) in [5, 5.41) is 3.62. The molecule has 0 aromatic carbocycles. The number of nitrogens with one attached hydrogen (secondary N) is 1. The monoisotopic (exact) mass is 183 g/mol. The number of hydrogen-bond donors (Lipinski definition) is 1. The van der Waals surface area contributed by atoms with Crippen LogP contribution in [0.25, 0.3) is 0 Å². The fourth-order valence-electron chi connectivity index (χ4n) is 2.96. The van der Waals surface area contributed by atoms with Gasteiger partial charge in [0.2, 0.25) is 0 Å². The summed E-state index contributed by atoms with van der Waals surface area (Å²) in [6, 6.07) is 0.819. The lowest BCUT2D eigenvalue weighted by molar-refractivity contribution is 0.144. The van der Waals surface area contributed by atoms with E-state index in [1.165, 1.54) is 25.7 Å². The van der Waals surface area contributed by atoms with E-state index >= 15 is 0 Å². The fourth-order valence-corrected chi connectivity index (χ4v) is 2.96. The highest BCUT2D eigenvalue weighted by Gasteiger charge is 2.38. The maximum Gasteiger partial charge on any atom is 0.0590 e. The maximum absolute atomic E-state index is 5.31. The molecule has 2 fully saturated rings. The summed E-state index contributed by atoms with van der Waals surface area (Å²) in [4.78, 5) is 0. The van der Waals surface area contributed by atoms with Gasteiger partial charge in [0, 0.05) is 19.2 Å². The molecule has 0 spiro atoms. The highest BCUT2D eigenvalue weighted by atomic mass is 16.5. The quantitative estimate of drug-likeness (QED) is 0.656. The third-order valence-corrected chi connectivity index (χ3v) is 3.60. The van der Waals surface area contributed by atoms with Gasteiger partial charge in [-0.05, 0) is 38.0 Å². The first-order valence-corrected chi connectivity index (χ1v) is 5.71. The van der Waals surface area contributed by atoms with Gasteiger partial charge in [-0.25, -0.2) is 0 Å². The van der Waals surface area contributed by atoms with Crippen LogP contribution in [-0.2, 0) is 4.74 Å². The van der Waals surface area contributed by atoms with E-state index < -0.39 is 0 Å². The molecule has 3 atom stereocenters. The van der Waals surface area contributed by atoms with Crippen molar-refractivity contribution in [3.8, 4) is 0 Å². The molecule has 0 saturated heterocycles. The minimum atomic E-state index is 0.819. The molecule has 76 valence electrons. The van der Waals surface area contributed by atoms with Crippen LogP contribution in [0.4, 0.5) is 0 Å². The second-order valence-corrected chi connectivity index (χ2v) is 4.43. The van der Waals surface area contributed by atoms with Gasteiger partial charge < -0.3 is 10.1 Å². The zero-order chi connectivity index (χ0) is 9.10. The molecule has 0 aliphatic heterocycles. The van der Waals surface area contributed by atoms with Gasteiger partial charge in [-0.2, -0.15) is 0 Å². The molecule has 0 unspecified atom stereocenters.